The molecule has 0 amide bonds. The predicted molar refractivity (Wildman–Crippen MR) is 56.1 cm³/mol. The summed E-state index contributed by atoms with van der Waals surface area (Å²) in [6.45, 7) is 2.97. The van der Waals surface area contributed by atoms with Gasteiger partial charge in [0.15, 0.2) is 0 Å². The number of aryl methyl sites for hydroxylation is 1. The second kappa shape index (κ2) is 4.09. The van der Waals surface area contributed by atoms with Crippen LogP contribution < -0.4 is 5.32 Å². The average molecular weight is 193 g/mol. The maximum absolute atomic E-state index is 13.6. The van der Waals surface area contributed by atoms with Crippen LogP contribution in [0.4, 0.5) is 4.39 Å². The lowest BCUT2D eigenvalue weighted by Gasteiger charge is -2.27. The van der Waals surface area contributed by atoms with Crippen LogP contribution in [0.2, 0.25) is 0 Å². The third-order valence-electron chi connectivity index (χ3n) is 2.78. The van der Waals surface area contributed by atoms with Crippen LogP contribution in [0.3, 0.4) is 0 Å². The first-order valence-electron chi connectivity index (χ1n) is 5.21. The molecule has 1 N–H and O–H groups in total. The number of hydrogen-bond acceptors (Lipinski definition) is 1. The first-order chi connectivity index (χ1) is 6.77. The van der Waals surface area contributed by atoms with Crippen LogP contribution in [0, 0.1) is 6.92 Å². The maximum atomic E-state index is 13.6. The topological polar surface area (TPSA) is 12.0 Å². The molecule has 1 nitrogen and oxygen atoms in total. The monoisotopic (exact) mass is 193 g/mol. The Labute approximate surface area is 84.3 Å². The molecule has 0 bridgehead atoms. The second-order valence-corrected chi connectivity index (χ2v) is 4.00. The summed E-state index contributed by atoms with van der Waals surface area (Å²) >= 11 is 0. The quantitative estimate of drug-likeness (QED) is 0.723. The minimum atomic E-state index is -0.731. The van der Waals surface area contributed by atoms with Gasteiger partial charge in [0.2, 0.25) is 0 Å². The van der Waals surface area contributed by atoms with E-state index in [0.29, 0.717) is 6.42 Å². The summed E-state index contributed by atoms with van der Waals surface area (Å²) in [6, 6.07) is 8.01. The molecule has 0 radical (unpaired) electrons. The van der Waals surface area contributed by atoms with E-state index < -0.39 is 6.17 Å². The van der Waals surface area contributed by atoms with Crippen LogP contribution in [0.1, 0.15) is 30.0 Å². The molecule has 14 heavy (non-hydrogen) atoms. The summed E-state index contributed by atoms with van der Waals surface area (Å²) in [5, 5.41) is 3.24. The zero-order chi connectivity index (χ0) is 9.97. The summed E-state index contributed by atoms with van der Waals surface area (Å²) in [7, 11) is 0. The van der Waals surface area contributed by atoms with Gasteiger partial charge in [0.25, 0.3) is 0 Å². The van der Waals surface area contributed by atoms with Gasteiger partial charge in [-0.1, -0.05) is 29.8 Å². The normalized spacial score (nSPS) is 27.6. The Hall–Kier alpha value is -0.890. The van der Waals surface area contributed by atoms with E-state index in [1.54, 1.807) is 0 Å². The highest BCUT2D eigenvalue weighted by molar-refractivity contribution is 5.26. The van der Waals surface area contributed by atoms with Crippen molar-refractivity contribution in [1.82, 2.24) is 5.32 Å². The van der Waals surface area contributed by atoms with Crippen LogP contribution in [-0.2, 0) is 0 Å². The highest BCUT2D eigenvalue weighted by Crippen LogP contribution is 2.26. The van der Waals surface area contributed by atoms with Gasteiger partial charge >= 0.3 is 0 Å². The minimum absolute atomic E-state index is 0.0938. The van der Waals surface area contributed by atoms with Crippen LogP contribution >= 0.6 is 0 Å². The summed E-state index contributed by atoms with van der Waals surface area (Å²) in [5.74, 6) is 0. The van der Waals surface area contributed by atoms with Crippen molar-refractivity contribution in [3.05, 3.63) is 35.4 Å². The molecule has 2 heteroatoms. The van der Waals surface area contributed by atoms with Crippen LogP contribution in [0.5, 0.6) is 0 Å². The molecule has 76 valence electrons. The fourth-order valence-corrected chi connectivity index (χ4v) is 2.04. The zero-order valence-electron chi connectivity index (χ0n) is 8.46. The van der Waals surface area contributed by atoms with Gasteiger partial charge in [0.1, 0.15) is 6.17 Å². The number of benzene rings is 1. The summed E-state index contributed by atoms with van der Waals surface area (Å²) in [6.07, 6.45) is 0.903. The standard InChI is InChI=1S/C12H16FN/c1-9-4-2-5-10(8-9)12-11(13)6-3-7-14-12/h2,4-5,8,11-12,14H,3,6-7H2,1H3. The minimum Gasteiger partial charge on any atom is -0.308 e. The summed E-state index contributed by atoms with van der Waals surface area (Å²) in [4.78, 5) is 0. The van der Waals surface area contributed by atoms with Crippen molar-refractivity contribution in [3.8, 4) is 0 Å². The molecule has 0 saturated carbocycles. The van der Waals surface area contributed by atoms with Crippen molar-refractivity contribution in [1.29, 1.82) is 0 Å². The number of piperidine rings is 1. The Morgan fingerprint density at radius 3 is 3.00 bits per heavy atom. The van der Waals surface area contributed by atoms with Crippen LogP contribution in [0.15, 0.2) is 24.3 Å². The van der Waals surface area contributed by atoms with Crippen molar-refractivity contribution in [2.24, 2.45) is 0 Å². The maximum Gasteiger partial charge on any atom is 0.120 e. The van der Waals surface area contributed by atoms with E-state index in [2.05, 4.69) is 11.4 Å². The second-order valence-electron chi connectivity index (χ2n) is 4.00. The van der Waals surface area contributed by atoms with Gasteiger partial charge < -0.3 is 5.32 Å². The Morgan fingerprint density at radius 2 is 2.29 bits per heavy atom. The van der Waals surface area contributed by atoms with Gasteiger partial charge in [-0.15, -0.1) is 0 Å². The number of nitrogens with one attached hydrogen (secondary N) is 1. The van der Waals surface area contributed by atoms with Gasteiger partial charge in [-0.05, 0) is 31.9 Å². The van der Waals surface area contributed by atoms with Crippen LogP contribution in [-0.4, -0.2) is 12.7 Å². The zero-order valence-corrected chi connectivity index (χ0v) is 8.46. The Bertz CT molecular complexity index is 311. The highest BCUT2D eigenvalue weighted by Gasteiger charge is 2.25. The molecule has 1 fully saturated rings. The molecular weight excluding hydrogens is 177 g/mol. The predicted octanol–water partition coefficient (Wildman–Crippen LogP) is 2.76. The van der Waals surface area contributed by atoms with Crippen molar-refractivity contribution in [3.63, 3.8) is 0 Å². The lowest BCUT2D eigenvalue weighted by Crippen LogP contribution is -2.35. The summed E-state index contributed by atoms with van der Waals surface area (Å²) in [5.41, 5.74) is 2.28. The third-order valence-corrected chi connectivity index (χ3v) is 2.78. The van der Waals surface area contributed by atoms with E-state index in [1.807, 2.05) is 25.1 Å². The molecular formula is C12H16FN. The lowest BCUT2D eigenvalue weighted by molar-refractivity contribution is 0.201. The Morgan fingerprint density at radius 1 is 1.43 bits per heavy atom. The lowest BCUT2D eigenvalue weighted by atomic mass is 9.95. The molecule has 1 heterocycles. The molecule has 2 rings (SSSR count). The van der Waals surface area contributed by atoms with Crippen molar-refractivity contribution in [2.45, 2.75) is 32.0 Å². The van der Waals surface area contributed by atoms with Crippen molar-refractivity contribution in [2.75, 3.05) is 6.54 Å². The van der Waals surface area contributed by atoms with E-state index in [9.17, 15) is 4.39 Å². The molecule has 2 atom stereocenters. The fourth-order valence-electron chi connectivity index (χ4n) is 2.04. The molecule has 0 aromatic heterocycles. The first kappa shape index (κ1) is 9.66. The molecule has 2 unspecified atom stereocenters. The van der Waals surface area contributed by atoms with Gasteiger partial charge in [-0.2, -0.15) is 0 Å². The number of rotatable bonds is 1. The molecule has 0 spiro atoms. The van der Waals surface area contributed by atoms with Gasteiger partial charge in [-0.3, -0.25) is 0 Å². The smallest absolute Gasteiger partial charge is 0.120 e. The largest absolute Gasteiger partial charge is 0.308 e. The van der Waals surface area contributed by atoms with E-state index in [1.165, 1.54) is 5.56 Å². The van der Waals surface area contributed by atoms with Gasteiger partial charge in [-0.25, -0.2) is 4.39 Å². The van der Waals surface area contributed by atoms with E-state index >= 15 is 0 Å². The first-order valence-corrected chi connectivity index (χ1v) is 5.21. The van der Waals surface area contributed by atoms with E-state index in [0.717, 1.165) is 18.5 Å². The number of halogens is 1. The molecule has 1 aliphatic rings. The van der Waals surface area contributed by atoms with Crippen molar-refractivity contribution >= 4 is 0 Å². The summed E-state index contributed by atoms with van der Waals surface area (Å²) < 4.78 is 13.6. The van der Waals surface area contributed by atoms with Gasteiger partial charge in [0.05, 0.1) is 6.04 Å². The highest BCUT2D eigenvalue weighted by atomic mass is 19.1. The SMILES string of the molecule is Cc1cccc(C2NCCCC2F)c1. The Balaban J connectivity index is 2.20. The van der Waals surface area contributed by atoms with Crippen molar-refractivity contribution < 1.29 is 4.39 Å². The molecule has 1 aromatic rings. The molecule has 1 aromatic carbocycles. The molecule has 1 saturated heterocycles. The molecule has 1 aliphatic heterocycles. The van der Waals surface area contributed by atoms with E-state index in [4.69, 9.17) is 0 Å². The molecule has 0 aliphatic carbocycles. The number of hydrogen-bond donors (Lipinski definition) is 1. The van der Waals surface area contributed by atoms with Gasteiger partial charge in [0, 0.05) is 0 Å². The fraction of sp³-hybridized carbons (Fsp3) is 0.500. The number of alkyl halides is 1. The third kappa shape index (κ3) is 1.95. The average Bonchev–Trinajstić information content (AvgIpc) is 2.18. The van der Waals surface area contributed by atoms with Crippen LogP contribution in [0.25, 0.3) is 0 Å². The Kier molecular flexibility index (Phi) is 2.82. The van der Waals surface area contributed by atoms with E-state index in [-0.39, 0.29) is 6.04 Å².